The second kappa shape index (κ2) is 6.48. The van der Waals surface area contributed by atoms with Crippen molar-refractivity contribution in [1.29, 1.82) is 0 Å². The molecule has 4 fully saturated rings. The van der Waals surface area contributed by atoms with Gasteiger partial charge < -0.3 is 5.32 Å². The van der Waals surface area contributed by atoms with Crippen molar-refractivity contribution in [2.24, 2.45) is 23.7 Å². The van der Waals surface area contributed by atoms with E-state index >= 15 is 0 Å². The molecule has 0 unspecified atom stereocenters. The van der Waals surface area contributed by atoms with Gasteiger partial charge in [-0.15, -0.1) is 0 Å². The Labute approximate surface area is 188 Å². The van der Waals surface area contributed by atoms with Gasteiger partial charge in [-0.1, -0.05) is 58.4 Å². The van der Waals surface area contributed by atoms with Crippen molar-refractivity contribution in [3.8, 4) is 0 Å². The van der Waals surface area contributed by atoms with E-state index in [0.717, 1.165) is 17.8 Å². The van der Waals surface area contributed by atoms with Crippen molar-refractivity contribution < 1.29 is 0 Å². The number of rotatable bonds is 2. The van der Waals surface area contributed by atoms with Crippen molar-refractivity contribution >= 4 is 21.6 Å². The monoisotopic (exact) mass is 459 g/mol. The van der Waals surface area contributed by atoms with E-state index < -0.39 is 0 Å². The molecule has 1 aliphatic heterocycles. The summed E-state index contributed by atoms with van der Waals surface area (Å²) in [4.78, 5) is 0. The second-order valence-electron chi connectivity index (χ2n) is 11.0. The van der Waals surface area contributed by atoms with Crippen LogP contribution >= 0.6 is 15.9 Å². The summed E-state index contributed by atoms with van der Waals surface area (Å²) < 4.78 is 1.22. The first-order chi connectivity index (χ1) is 14.7. The standard InChI is InChI=1S/C28H30BrN/c29-25-7-2-1-4-23(25)27-22-6-3-5-21(22)24-13-20(8-9-26(24)30-27)28-14-17-10-18(15-28)12-19(11-17)16-28/h1-5,7-9,13,17-19,21-22,27,30H,6,10-12,14-16H2/t17?,18?,19?,21-,22+,27-,28?/m0/s1. The van der Waals surface area contributed by atoms with Crippen molar-refractivity contribution in [2.75, 3.05) is 5.32 Å². The van der Waals surface area contributed by atoms with Crippen LogP contribution in [-0.4, -0.2) is 0 Å². The lowest BCUT2D eigenvalue weighted by molar-refractivity contribution is -0.00523. The third-order valence-electron chi connectivity index (χ3n) is 9.25. The highest BCUT2D eigenvalue weighted by Gasteiger charge is 2.52. The third-order valence-corrected chi connectivity index (χ3v) is 9.98. The molecule has 2 aromatic carbocycles. The molecule has 8 rings (SSSR count). The average Bonchev–Trinajstić information content (AvgIpc) is 3.23. The van der Waals surface area contributed by atoms with Gasteiger partial charge in [0.25, 0.3) is 0 Å². The number of hydrogen-bond acceptors (Lipinski definition) is 1. The zero-order valence-electron chi connectivity index (χ0n) is 17.5. The fourth-order valence-corrected chi connectivity index (χ4v) is 8.96. The molecule has 2 heteroatoms. The molecular formula is C28H30BrN. The van der Waals surface area contributed by atoms with Gasteiger partial charge in [0.15, 0.2) is 0 Å². The molecule has 2 aromatic rings. The van der Waals surface area contributed by atoms with Crippen molar-refractivity contribution in [2.45, 2.75) is 62.3 Å². The quantitative estimate of drug-likeness (QED) is 0.452. The topological polar surface area (TPSA) is 12.0 Å². The Bertz CT molecular complexity index is 1000. The number of benzene rings is 2. The van der Waals surface area contributed by atoms with Crippen molar-refractivity contribution in [3.63, 3.8) is 0 Å². The van der Waals surface area contributed by atoms with E-state index in [0.29, 0.717) is 23.3 Å². The molecule has 1 nitrogen and oxygen atoms in total. The Morgan fingerprint density at radius 1 is 0.867 bits per heavy atom. The highest BCUT2D eigenvalue weighted by atomic mass is 79.9. The molecule has 3 atom stereocenters. The van der Waals surface area contributed by atoms with Gasteiger partial charge in [0, 0.05) is 16.1 Å². The van der Waals surface area contributed by atoms with Crippen LogP contribution in [0.3, 0.4) is 0 Å². The molecule has 1 heterocycles. The molecule has 0 spiro atoms. The van der Waals surface area contributed by atoms with Crippen LogP contribution in [0.15, 0.2) is 59.1 Å². The summed E-state index contributed by atoms with van der Waals surface area (Å²) in [6, 6.07) is 16.7. The van der Waals surface area contributed by atoms with Crippen molar-refractivity contribution in [1.82, 2.24) is 0 Å². The predicted octanol–water partition coefficient (Wildman–Crippen LogP) is 7.74. The second-order valence-corrected chi connectivity index (χ2v) is 11.9. The Kier molecular flexibility index (Phi) is 3.90. The molecule has 4 saturated carbocycles. The molecule has 0 amide bonds. The third kappa shape index (κ3) is 2.58. The van der Waals surface area contributed by atoms with E-state index in [4.69, 9.17) is 0 Å². The zero-order chi connectivity index (χ0) is 19.9. The van der Waals surface area contributed by atoms with E-state index in [9.17, 15) is 0 Å². The number of nitrogens with one attached hydrogen (secondary N) is 1. The van der Waals surface area contributed by atoms with Gasteiger partial charge >= 0.3 is 0 Å². The Morgan fingerprint density at radius 2 is 1.60 bits per heavy atom. The van der Waals surface area contributed by atoms with Crippen molar-refractivity contribution in [3.05, 3.63) is 75.8 Å². The first-order valence-electron chi connectivity index (χ1n) is 12.0. The van der Waals surface area contributed by atoms with E-state index in [1.54, 1.807) is 11.1 Å². The lowest BCUT2D eigenvalue weighted by Gasteiger charge is -2.57. The molecule has 5 aliphatic carbocycles. The SMILES string of the molecule is Brc1ccccc1[C@H]1Nc2ccc(C34CC5CC(CC(C5)C3)C4)cc2[C@H]2C=CC[C@H]21. The summed E-state index contributed by atoms with van der Waals surface area (Å²) in [6.07, 6.45) is 15.0. The Morgan fingerprint density at radius 3 is 2.33 bits per heavy atom. The highest BCUT2D eigenvalue weighted by molar-refractivity contribution is 9.10. The van der Waals surface area contributed by atoms with Crippen LogP contribution in [0, 0.1) is 23.7 Å². The van der Waals surface area contributed by atoms with Gasteiger partial charge in [-0.3, -0.25) is 0 Å². The van der Waals surface area contributed by atoms with Gasteiger partial charge in [-0.05, 0) is 103 Å². The average molecular weight is 460 g/mol. The summed E-state index contributed by atoms with van der Waals surface area (Å²) in [7, 11) is 0. The number of fused-ring (bicyclic) bond motifs is 3. The van der Waals surface area contributed by atoms with E-state index in [2.05, 4.69) is 75.9 Å². The van der Waals surface area contributed by atoms with Gasteiger partial charge in [-0.2, -0.15) is 0 Å². The maximum atomic E-state index is 3.96. The summed E-state index contributed by atoms with van der Waals surface area (Å²) in [6.45, 7) is 0. The Hall–Kier alpha value is -1.54. The van der Waals surface area contributed by atoms with Gasteiger partial charge in [-0.25, -0.2) is 0 Å². The van der Waals surface area contributed by atoms with Crippen LogP contribution in [-0.2, 0) is 5.41 Å². The van der Waals surface area contributed by atoms with Crippen LogP contribution in [0.25, 0.3) is 0 Å². The molecule has 0 aromatic heterocycles. The molecule has 0 saturated heterocycles. The fourth-order valence-electron chi connectivity index (χ4n) is 8.42. The van der Waals surface area contributed by atoms with Crippen LogP contribution in [0.4, 0.5) is 5.69 Å². The van der Waals surface area contributed by atoms with Crippen LogP contribution in [0.2, 0.25) is 0 Å². The maximum absolute atomic E-state index is 3.96. The van der Waals surface area contributed by atoms with Crippen LogP contribution in [0.1, 0.15) is 73.6 Å². The van der Waals surface area contributed by atoms with Crippen LogP contribution < -0.4 is 5.32 Å². The minimum Gasteiger partial charge on any atom is -0.378 e. The summed E-state index contributed by atoms with van der Waals surface area (Å²) in [5.74, 6) is 4.17. The fraction of sp³-hybridized carbons (Fsp3) is 0.500. The molecule has 6 aliphatic rings. The molecule has 1 N–H and O–H groups in total. The lowest BCUT2D eigenvalue weighted by atomic mass is 9.48. The first kappa shape index (κ1) is 18.1. The largest absolute Gasteiger partial charge is 0.378 e. The predicted molar refractivity (Wildman–Crippen MR) is 127 cm³/mol. The molecular weight excluding hydrogens is 430 g/mol. The minimum absolute atomic E-state index is 0.374. The Balaban J connectivity index is 1.29. The molecule has 4 bridgehead atoms. The normalized spacial score (nSPS) is 40.2. The molecule has 30 heavy (non-hydrogen) atoms. The van der Waals surface area contributed by atoms with E-state index in [1.807, 2.05) is 0 Å². The van der Waals surface area contributed by atoms with Gasteiger partial charge in [0.2, 0.25) is 0 Å². The number of allylic oxidation sites excluding steroid dienone is 2. The first-order valence-corrected chi connectivity index (χ1v) is 12.8. The minimum atomic E-state index is 0.374. The number of anilines is 1. The van der Waals surface area contributed by atoms with Gasteiger partial charge in [0.1, 0.15) is 0 Å². The van der Waals surface area contributed by atoms with E-state index in [1.165, 1.54) is 60.7 Å². The summed E-state index contributed by atoms with van der Waals surface area (Å²) >= 11 is 3.81. The number of halogens is 1. The van der Waals surface area contributed by atoms with E-state index in [-0.39, 0.29) is 0 Å². The smallest absolute Gasteiger partial charge is 0.0565 e. The zero-order valence-corrected chi connectivity index (χ0v) is 19.1. The lowest BCUT2D eigenvalue weighted by Crippen LogP contribution is -2.48. The maximum Gasteiger partial charge on any atom is 0.0565 e. The summed E-state index contributed by atoms with van der Waals surface area (Å²) in [5.41, 5.74) is 6.47. The number of hydrogen-bond donors (Lipinski definition) is 1. The molecule has 154 valence electrons. The summed E-state index contributed by atoms with van der Waals surface area (Å²) in [5, 5.41) is 3.96. The van der Waals surface area contributed by atoms with Gasteiger partial charge in [0.05, 0.1) is 6.04 Å². The molecule has 0 radical (unpaired) electrons. The van der Waals surface area contributed by atoms with Crippen LogP contribution in [0.5, 0.6) is 0 Å². The highest BCUT2D eigenvalue weighted by Crippen LogP contribution is 2.61.